The van der Waals surface area contributed by atoms with Crippen molar-refractivity contribution in [3.63, 3.8) is 0 Å². The van der Waals surface area contributed by atoms with Crippen LogP contribution < -0.4 is 4.74 Å². The highest BCUT2D eigenvalue weighted by Crippen LogP contribution is 2.34. The van der Waals surface area contributed by atoms with Crippen molar-refractivity contribution in [2.45, 2.75) is 25.4 Å². The van der Waals surface area contributed by atoms with Crippen molar-refractivity contribution < 1.29 is 4.74 Å². The second-order valence-electron chi connectivity index (χ2n) is 7.58. The summed E-state index contributed by atoms with van der Waals surface area (Å²) in [5, 5.41) is 9.94. The van der Waals surface area contributed by atoms with Gasteiger partial charge in [0, 0.05) is 23.9 Å². The van der Waals surface area contributed by atoms with Gasteiger partial charge in [0.25, 0.3) is 0 Å². The number of benzene rings is 2. The van der Waals surface area contributed by atoms with E-state index >= 15 is 0 Å². The molecule has 1 aliphatic heterocycles. The SMILES string of the molecule is COc1ccc2cc(-c3[nH]ncc3CN3CCC[C@H]3c3ccccn3)ccc2c1. The number of aromatic nitrogens is 3. The third-order valence-electron chi connectivity index (χ3n) is 5.82. The molecule has 1 fully saturated rings. The van der Waals surface area contributed by atoms with Gasteiger partial charge in [0.05, 0.1) is 30.7 Å². The molecule has 5 nitrogen and oxygen atoms in total. The summed E-state index contributed by atoms with van der Waals surface area (Å²) in [5.74, 6) is 0.877. The van der Waals surface area contributed by atoms with Crippen LogP contribution in [0.1, 0.15) is 30.1 Å². The van der Waals surface area contributed by atoms with Crippen LogP contribution in [-0.2, 0) is 6.54 Å². The monoisotopic (exact) mass is 384 g/mol. The zero-order chi connectivity index (χ0) is 19.6. The first-order chi connectivity index (χ1) is 14.3. The molecule has 0 aliphatic carbocycles. The predicted molar refractivity (Wildman–Crippen MR) is 115 cm³/mol. The second kappa shape index (κ2) is 7.68. The van der Waals surface area contributed by atoms with E-state index in [9.17, 15) is 0 Å². The standard InChI is InChI=1S/C24H24N4O/c1-29-21-10-9-17-13-19(8-7-18(17)14-21)24-20(15-26-27-24)16-28-12-4-6-23(28)22-5-2-3-11-25-22/h2-3,5,7-11,13-15,23H,4,6,12,16H2,1H3,(H,26,27)/t23-/m0/s1. The van der Waals surface area contributed by atoms with E-state index in [4.69, 9.17) is 4.74 Å². The van der Waals surface area contributed by atoms with Gasteiger partial charge in [-0.15, -0.1) is 0 Å². The third kappa shape index (κ3) is 3.49. The lowest BCUT2D eigenvalue weighted by atomic mass is 10.0. The number of nitrogens with one attached hydrogen (secondary N) is 1. The molecule has 0 amide bonds. The molecule has 0 unspecified atom stereocenters. The molecule has 1 atom stereocenters. The van der Waals surface area contributed by atoms with E-state index in [1.165, 1.54) is 22.8 Å². The number of H-pyrrole nitrogens is 1. The van der Waals surface area contributed by atoms with Gasteiger partial charge in [0.15, 0.2) is 0 Å². The fourth-order valence-corrected chi connectivity index (χ4v) is 4.33. The molecule has 1 saturated heterocycles. The Morgan fingerprint density at radius 1 is 1.10 bits per heavy atom. The first-order valence-corrected chi connectivity index (χ1v) is 10.1. The maximum absolute atomic E-state index is 5.34. The lowest BCUT2D eigenvalue weighted by Crippen LogP contribution is -2.23. The number of rotatable bonds is 5. The van der Waals surface area contributed by atoms with E-state index in [1.54, 1.807) is 7.11 Å². The van der Waals surface area contributed by atoms with Gasteiger partial charge in [-0.05, 0) is 60.5 Å². The smallest absolute Gasteiger partial charge is 0.119 e. The summed E-state index contributed by atoms with van der Waals surface area (Å²) in [5.41, 5.74) is 4.63. The summed E-state index contributed by atoms with van der Waals surface area (Å²) in [4.78, 5) is 7.11. The number of hydrogen-bond donors (Lipinski definition) is 1. The van der Waals surface area contributed by atoms with Crippen molar-refractivity contribution >= 4 is 10.8 Å². The number of nitrogens with zero attached hydrogens (tertiary/aromatic N) is 3. The Morgan fingerprint density at radius 3 is 2.86 bits per heavy atom. The fraction of sp³-hybridized carbons (Fsp3) is 0.250. The minimum Gasteiger partial charge on any atom is -0.497 e. The van der Waals surface area contributed by atoms with Crippen molar-refractivity contribution in [1.82, 2.24) is 20.1 Å². The Kier molecular flexibility index (Phi) is 4.74. The van der Waals surface area contributed by atoms with E-state index < -0.39 is 0 Å². The van der Waals surface area contributed by atoms with E-state index in [-0.39, 0.29) is 0 Å². The molecule has 1 N–H and O–H groups in total. The molecular formula is C24H24N4O. The highest BCUT2D eigenvalue weighted by Gasteiger charge is 2.27. The van der Waals surface area contributed by atoms with Gasteiger partial charge < -0.3 is 4.74 Å². The molecule has 4 aromatic rings. The molecule has 1 aliphatic rings. The van der Waals surface area contributed by atoms with Crippen molar-refractivity contribution in [3.8, 4) is 17.0 Å². The molecule has 0 bridgehead atoms. The highest BCUT2D eigenvalue weighted by atomic mass is 16.5. The van der Waals surface area contributed by atoms with Gasteiger partial charge in [-0.2, -0.15) is 5.10 Å². The molecule has 146 valence electrons. The van der Waals surface area contributed by atoms with Crippen LogP contribution in [-0.4, -0.2) is 33.7 Å². The minimum atomic E-state index is 0.378. The minimum absolute atomic E-state index is 0.378. The van der Waals surface area contributed by atoms with E-state index in [2.05, 4.69) is 62.5 Å². The summed E-state index contributed by atoms with van der Waals surface area (Å²) < 4.78 is 5.34. The second-order valence-corrected chi connectivity index (χ2v) is 7.58. The molecule has 0 spiro atoms. The van der Waals surface area contributed by atoms with Gasteiger partial charge >= 0.3 is 0 Å². The normalized spacial score (nSPS) is 17.1. The summed E-state index contributed by atoms with van der Waals surface area (Å²) in [6, 6.07) is 19.2. The molecule has 5 heteroatoms. The van der Waals surface area contributed by atoms with Crippen LogP contribution in [0.5, 0.6) is 5.75 Å². The van der Waals surface area contributed by atoms with Gasteiger partial charge in [0.1, 0.15) is 5.75 Å². The van der Waals surface area contributed by atoms with E-state index in [0.29, 0.717) is 6.04 Å². The predicted octanol–water partition coefficient (Wildman–Crippen LogP) is 4.97. The molecule has 2 aromatic carbocycles. The molecule has 5 rings (SSSR count). The molecular weight excluding hydrogens is 360 g/mol. The van der Waals surface area contributed by atoms with Crippen LogP contribution >= 0.6 is 0 Å². The van der Waals surface area contributed by atoms with Crippen molar-refractivity contribution in [2.75, 3.05) is 13.7 Å². The number of aromatic amines is 1. The van der Waals surface area contributed by atoms with Crippen molar-refractivity contribution in [3.05, 3.63) is 78.2 Å². The summed E-state index contributed by atoms with van der Waals surface area (Å²) in [7, 11) is 1.70. The number of hydrogen-bond acceptors (Lipinski definition) is 4. The first-order valence-electron chi connectivity index (χ1n) is 10.1. The lowest BCUT2D eigenvalue weighted by Gasteiger charge is -2.24. The Balaban J connectivity index is 1.43. The topological polar surface area (TPSA) is 54.0 Å². The van der Waals surface area contributed by atoms with Gasteiger partial charge in [-0.3, -0.25) is 15.0 Å². The van der Waals surface area contributed by atoms with E-state index in [1.807, 2.05) is 24.5 Å². The molecule has 29 heavy (non-hydrogen) atoms. The summed E-state index contributed by atoms with van der Waals surface area (Å²) in [6.45, 7) is 1.96. The number of ether oxygens (including phenoxy) is 1. The average Bonchev–Trinajstić information content (AvgIpc) is 3.43. The lowest BCUT2D eigenvalue weighted by molar-refractivity contribution is 0.245. The number of pyridine rings is 1. The van der Waals surface area contributed by atoms with Crippen LogP contribution in [0.2, 0.25) is 0 Å². The van der Waals surface area contributed by atoms with Gasteiger partial charge in [0.2, 0.25) is 0 Å². The first kappa shape index (κ1) is 17.9. The number of likely N-dealkylation sites (tertiary alicyclic amines) is 1. The van der Waals surface area contributed by atoms with Crippen LogP contribution in [0.3, 0.4) is 0 Å². The largest absolute Gasteiger partial charge is 0.497 e. The Bertz CT molecular complexity index is 1120. The van der Waals surface area contributed by atoms with Gasteiger partial charge in [-0.1, -0.05) is 24.3 Å². The maximum atomic E-state index is 5.34. The highest BCUT2D eigenvalue weighted by molar-refractivity contribution is 5.88. The Morgan fingerprint density at radius 2 is 2.00 bits per heavy atom. The molecule has 0 radical (unpaired) electrons. The quantitative estimate of drug-likeness (QED) is 0.528. The van der Waals surface area contributed by atoms with E-state index in [0.717, 1.165) is 42.2 Å². The molecule has 2 aromatic heterocycles. The summed E-state index contributed by atoms with van der Waals surface area (Å²) >= 11 is 0. The fourth-order valence-electron chi connectivity index (χ4n) is 4.33. The summed E-state index contributed by atoms with van der Waals surface area (Å²) in [6.07, 6.45) is 6.20. The van der Waals surface area contributed by atoms with Crippen molar-refractivity contribution in [2.24, 2.45) is 0 Å². The Hall–Kier alpha value is -3.18. The van der Waals surface area contributed by atoms with Crippen molar-refractivity contribution in [1.29, 1.82) is 0 Å². The number of methoxy groups -OCH3 is 1. The maximum Gasteiger partial charge on any atom is 0.119 e. The van der Waals surface area contributed by atoms with Crippen LogP contribution in [0.25, 0.3) is 22.0 Å². The third-order valence-corrected chi connectivity index (χ3v) is 5.82. The average molecular weight is 384 g/mol. The zero-order valence-electron chi connectivity index (χ0n) is 16.5. The molecule has 0 saturated carbocycles. The zero-order valence-corrected chi connectivity index (χ0v) is 16.5. The van der Waals surface area contributed by atoms with Crippen LogP contribution in [0.4, 0.5) is 0 Å². The van der Waals surface area contributed by atoms with Crippen LogP contribution in [0.15, 0.2) is 67.0 Å². The Labute approximate surface area is 170 Å². The molecule has 3 heterocycles. The van der Waals surface area contributed by atoms with Gasteiger partial charge in [-0.25, -0.2) is 0 Å². The number of fused-ring (bicyclic) bond motifs is 1. The van der Waals surface area contributed by atoms with Crippen LogP contribution in [0, 0.1) is 0 Å².